The van der Waals surface area contributed by atoms with E-state index in [1.165, 1.54) is 17.8 Å². The highest BCUT2D eigenvalue weighted by atomic mass is 79.9. The molecule has 104 valence electrons. The maximum atomic E-state index is 11.6. The molecule has 21 heavy (non-hydrogen) atoms. The summed E-state index contributed by atoms with van der Waals surface area (Å²) in [7, 11) is 0. The van der Waals surface area contributed by atoms with E-state index >= 15 is 0 Å². The molecule has 0 aromatic heterocycles. The van der Waals surface area contributed by atoms with Gasteiger partial charge in [-0.25, -0.2) is 0 Å². The van der Waals surface area contributed by atoms with E-state index in [2.05, 4.69) is 21.2 Å². The van der Waals surface area contributed by atoms with Crippen molar-refractivity contribution in [2.24, 2.45) is 0 Å². The number of imide groups is 1. The number of hydrogen-bond donors (Lipinski definition) is 1. The van der Waals surface area contributed by atoms with Crippen molar-refractivity contribution in [1.29, 1.82) is 0 Å². The van der Waals surface area contributed by atoms with E-state index in [0.29, 0.717) is 4.91 Å². The molecule has 1 aliphatic rings. The van der Waals surface area contributed by atoms with Crippen molar-refractivity contribution < 1.29 is 9.59 Å². The third-order valence-corrected chi connectivity index (χ3v) is 4.50. The summed E-state index contributed by atoms with van der Waals surface area (Å²) in [5.41, 5.74) is 2.17. The van der Waals surface area contributed by atoms with E-state index in [1.807, 2.05) is 48.5 Å². The highest BCUT2D eigenvalue weighted by Gasteiger charge is 2.21. The normalized spacial score (nSPS) is 14.0. The van der Waals surface area contributed by atoms with Gasteiger partial charge in [0.25, 0.3) is 11.8 Å². The second kappa shape index (κ2) is 5.87. The first-order valence-electron chi connectivity index (χ1n) is 6.23. The quantitative estimate of drug-likeness (QED) is 0.848. The summed E-state index contributed by atoms with van der Waals surface area (Å²) in [6, 6.07) is 15.9. The lowest BCUT2D eigenvalue weighted by molar-refractivity contribution is -0.123. The smallest absolute Gasteiger partial charge is 0.265 e. The first-order chi connectivity index (χ1) is 10.1. The topological polar surface area (TPSA) is 46.2 Å². The molecule has 0 saturated carbocycles. The Bertz CT molecular complexity index is 753. The number of carbonyl (C=O) groups is 2. The minimum Gasteiger partial charge on any atom is -0.288 e. The number of halogens is 1. The Morgan fingerprint density at radius 1 is 0.952 bits per heavy atom. The Morgan fingerprint density at radius 2 is 1.71 bits per heavy atom. The molecule has 5 heteroatoms. The predicted octanol–water partition coefficient (Wildman–Crippen LogP) is 3.75. The maximum absolute atomic E-state index is 11.6. The Kier molecular flexibility index (Phi) is 3.94. The van der Waals surface area contributed by atoms with Crippen molar-refractivity contribution in [3.05, 3.63) is 64.0 Å². The second-order valence-corrected chi connectivity index (χ2v) is 6.49. The average molecular weight is 360 g/mol. The zero-order valence-corrected chi connectivity index (χ0v) is 13.2. The number of rotatable bonds is 3. The minimum atomic E-state index is -0.355. The van der Waals surface area contributed by atoms with Crippen molar-refractivity contribution in [2.45, 2.75) is 4.90 Å². The molecule has 2 aromatic carbocycles. The molecular weight excluding hydrogens is 350 g/mol. The van der Waals surface area contributed by atoms with Gasteiger partial charge in [0.2, 0.25) is 0 Å². The SMILES string of the molecule is O=C1C=C(Sc2cccc(-c3ccc(Br)cc3)c2)C(=O)N1. The Labute approximate surface area is 134 Å². The van der Waals surface area contributed by atoms with Gasteiger partial charge in [-0.05, 0) is 35.4 Å². The van der Waals surface area contributed by atoms with E-state index in [4.69, 9.17) is 0 Å². The third-order valence-electron chi connectivity index (χ3n) is 2.96. The van der Waals surface area contributed by atoms with Gasteiger partial charge < -0.3 is 0 Å². The monoisotopic (exact) mass is 359 g/mol. The van der Waals surface area contributed by atoms with E-state index in [1.54, 1.807) is 0 Å². The summed E-state index contributed by atoms with van der Waals surface area (Å²) < 4.78 is 1.03. The number of nitrogens with one attached hydrogen (secondary N) is 1. The average Bonchev–Trinajstić information content (AvgIpc) is 2.78. The third kappa shape index (κ3) is 3.25. The fourth-order valence-electron chi connectivity index (χ4n) is 1.98. The van der Waals surface area contributed by atoms with Crippen molar-refractivity contribution in [1.82, 2.24) is 5.32 Å². The highest BCUT2D eigenvalue weighted by molar-refractivity contribution is 9.10. The number of benzene rings is 2. The van der Waals surface area contributed by atoms with Crippen molar-refractivity contribution >= 4 is 39.5 Å². The fraction of sp³-hybridized carbons (Fsp3) is 0. The molecule has 3 nitrogen and oxygen atoms in total. The van der Waals surface area contributed by atoms with Gasteiger partial charge in [0, 0.05) is 15.4 Å². The molecule has 1 heterocycles. The first kappa shape index (κ1) is 14.1. The molecule has 0 radical (unpaired) electrons. The molecule has 0 unspecified atom stereocenters. The number of hydrogen-bond acceptors (Lipinski definition) is 3. The molecule has 0 fully saturated rings. The summed E-state index contributed by atoms with van der Waals surface area (Å²) in [6.07, 6.45) is 1.33. The van der Waals surface area contributed by atoms with Crippen molar-refractivity contribution in [2.75, 3.05) is 0 Å². The summed E-state index contributed by atoms with van der Waals surface area (Å²) in [5.74, 6) is -0.689. The largest absolute Gasteiger partial charge is 0.288 e. The van der Waals surface area contributed by atoms with Gasteiger partial charge in [0.05, 0.1) is 4.91 Å². The summed E-state index contributed by atoms with van der Waals surface area (Å²) >= 11 is 4.71. The molecular formula is C16H10BrNO2S. The standard InChI is InChI=1S/C16H10BrNO2S/c17-12-6-4-10(5-7-12)11-2-1-3-13(8-11)21-14-9-15(19)18-16(14)20/h1-9H,(H,18,19,20). The Balaban J connectivity index is 1.87. The van der Waals surface area contributed by atoms with E-state index < -0.39 is 0 Å². The van der Waals surface area contributed by atoms with Crippen LogP contribution in [0.2, 0.25) is 0 Å². The lowest BCUT2D eigenvalue weighted by Gasteiger charge is -2.05. The van der Waals surface area contributed by atoms with Crippen LogP contribution in [0.25, 0.3) is 11.1 Å². The van der Waals surface area contributed by atoms with Crippen LogP contribution in [-0.4, -0.2) is 11.8 Å². The maximum Gasteiger partial charge on any atom is 0.265 e. The Morgan fingerprint density at radius 3 is 2.38 bits per heavy atom. The van der Waals surface area contributed by atoms with Crippen LogP contribution in [0.5, 0.6) is 0 Å². The molecule has 2 aromatic rings. The van der Waals surface area contributed by atoms with E-state index in [0.717, 1.165) is 20.5 Å². The molecule has 3 rings (SSSR count). The van der Waals surface area contributed by atoms with Gasteiger partial charge in [-0.2, -0.15) is 0 Å². The second-order valence-electron chi connectivity index (χ2n) is 4.46. The molecule has 0 atom stereocenters. The lowest BCUT2D eigenvalue weighted by atomic mass is 10.1. The summed E-state index contributed by atoms with van der Waals surface area (Å²) in [6.45, 7) is 0. The van der Waals surface area contributed by atoms with Crippen LogP contribution in [0.1, 0.15) is 0 Å². The number of carbonyl (C=O) groups excluding carboxylic acids is 2. The van der Waals surface area contributed by atoms with Gasteiger partial charge in [-0.3, -0.25) is 14.9 Å². The van der Waals surface area contributed by atoms with Crippen LogP contribution in [0, 0.1) is 0 Å². The van der Waals surface area contributed by atoms with Crippen LogP contribution in [0.15, 0.2) is 68.9 Å². The van der Waals surface area contributed by atoms with Crippen LogP contribution in [-0.2, 0) is 9.59 Å². The Hall–Kier alpha value is -1.85. The van der Waals surface area contributed by atoms with Gasteiger partial charge in [0.1, 0.15) is 0 Å². The molecule has 2 amide bonds. The van der Waals surface area contributed by atoms with Gasteiger partial charge in [-0.15, -0.1) is 0 Å². The zero-order chi connectivity index (χ0) is 14.8. The number of thioether (sulfide) groups is 1. The van der Waals surface area contributed by atoms with Gasteiger partial charge >= 0.3 is 0 Å². The highest BCUT2D eigenvalue weighted by Crippen LogP contribution is 2.32. The molecule has 0 spiro atoms. The van der Waals surface area contributed by atoms with Crippen LogP contribution < -0.4 is 5.32 Å². The van der Waals surface area contributed by atoms with Crippen LogP contribution in [0.4, 0.5) is 0 Å². The molecule has 0 saturated heterocycles. The summed E-state index contributed by atoms with van der Waals surface area (Å²) in [5, 5.41) is 2.24. The number of amides is 2. The van der Waals surface area contributed by atoms with Crippen LogP contribution >= 0.6 is 27.7 Å². The molecule has 0 aliphatic carbocycles. The zero-order valence-electron chi connectivity index (χ0n) is 10.8. The predicted molar refractivity (Wildman–Crippen MR) is 86.7 cm³/mol. The molecule has 0 bridgehead atoms. The lowest BCUT2D eigenvalue weighted by Crippen LogP contribution is -2.21. The van der Waals surface area contributed by atoms with Crippen LogP contribution in [0.3, 0.4) is 0 Å². The van der Waals surface area contributed by atoms with Crippen molar-refractivity contribution in [3.8, 4) is 11.1 Å². The minimum absolute atomic E-state index is 0.334. The molecule has 1 aliphatic heterocycles. The van der Waals surface area contributed by atoms with Crippen molar-refractivity contribution in [3.63, 3.8) is 0 Å². The fourth-order valence-corrected chi connectivity index (χ4v) is 3.14. The van der Waals surface area contributed by atoms with E-state index in [9.17, 15) is 9.59 Å². The van der Waals surface area contributed by atoms with Gasteiger partial charge in [0.15, 0.2) is 0 Å². The summed E-state index contributed by atoms with van der Waals surface area (Å²) in [4.78, 5) is 24.1. The first-order valence-corrected chi connectivity index (χ1v) is 7.84. The van der Waals surface area contributed by atoms with Gasteiger partial charge in [-0.1, -0.05) is 52.0 Å². The molecule has 1 N–H and O–H groups in total. The van der Waals surface area contributed by atoms with E-state index in [-0.39, 0.29) is 11.8 Å².